The standard InChI is InChI=1S/C7H4BrClF3N/c1-3-4(7(10,11)12)2-13-6(9)5(3)8/h2H,1H3. The predicted octanol–water partition coefficient (Wildman–Crippen LogP) is 3.82. The summed E-state index contributed by atoms with van der Waals surface area (Å²) in [4.78, 5) is 3.40. The maximum atomic E-state index is 12.3. The van der Waals surface area contributed by atoms with E-state index in [0.29, 0.717) is 0 Å². The van der Waals surface area contributed by atoms with Crippen LogP contribution in [0.5, 0.6) is 0 Å². The molecule has 0 aliphatic heterocycles. The van der Waals surface area contributed by atoms with E-state index in [4.69, 9.17) is 11.6 Å². The van der Waals surface area contributed by atoms with Crippen molar-refractivity contribution in [3.8, 4) is 0 Å². The maximum absolute atomic E-state index is 12.3. The van der Waals surface area contributed by atoms with Crippen LogP contribution in [0.3, 0.4) is 0 Å². The Bertz CT molecular complexity index is 337. The number of rotatable bonds is 0. The van der Waals surface area contributed by atoms with Crippen LogP contribution in [0.15, 0.2) is 10.7 Å². The molecule has 1 rings (SSSR count). The van der Waals surface area contributed by atoms with Crippen LogP contribution in [-0.2, 0) is 6.18 Å². The van der Waals surface area contributed by atoms with Gasteiger partial charge in [-0.15, -0.1) is 0 Å². The summed E-state index contributed by atoms with van der Waals surface area (Å²) < 4.78 is 37.0. The summed E-state index contributed by atoms with van der Waals surface area (Å²) in [5, 5.41) is 0.0329. The third-order valence-electron chi connectivity index (χ3n) is 1.53. The van der Waals surface area contributed by atoms with Crippen molar-refractivity contribution < 1.29 is 13.2 Å². The van der Waals surface area contributed by atoms with Gasteiger partial charge in [-0.2, -0.15) is 13.2 Å². The van der Waals surface area contributed by atoms with Gasteiger partial charge in [-0.05, 0) is 28.4 Å². The van der Waals surface area contributed by atoms with E-state index in [1.54, 1.807) is 0 Å². The minimum Gasteiger partial charge on any atom is -0.243 e. The first-order valence-corrected chi connectivity index (χ1v) is 4.39. The van der Waals surface area contributed by atoms with Crippen LogP contribution in [0.2, 0.25) is 5.15 Å². The van der Waals surface area contributed by atoms with E-state index in [1.165, 1.54) is 6.92 Å². The molecule has 0 fully saturated rings. The second kappa shape index (κ2) is 3.46. The molecule has 0 saturated carbocycles. The largest absolute Gasteiger partial charge is 0.418 e. The molecule has 0 aliphatic rings. The molecule has 1 nitrogen and oxygen atoms in total. The van der Waals surface area contributed by atoms with Gasteiger partial charge in [0.15, 0.2) is 0 Å². The third kappa shape index (κ3) is 2.14. The first-order valence-electron chi connectivity index (χ1n) is 3.22. The van der Waals surface area contributed by atoms with Gasteiger partial charge in [-0.3, -0.25) is 0 Å². The van der Waals surface area contributed by atoms with Crippen molar-refractivity contribution in [1.82, 2.24) is 4.98 Å². The van der Waals surface area contributed by atoms with E-state index in [-0.39, 0.29) is 15.2 Å². The number of alkyl halides is 3. The zero-order valence-electron chi connectivity index (χ0n) is 6.41. The van der Waals surface area contributed by atoms with Crippen molar-refractivity contribution in [2.75, 3.05) is 0 Å². The highest BCUT2D eigenvalue weighted by molar-refractivity contribution is 9.10. The summed E-state index contributed by atoms with van der Waals surface area (Å²) in [7, 11) is 0. The Balaban J connectivity index is 3.35. The van der Waals surface area contributed by atoms with E-state index >= 15 is 0 Å². The number of hydrogen-bond acceptors (Lipinski definition) is 1. The molecule has 72 valence electrons. The number of pyridine rings is 1. The quantitative estimate of drug-likeness (QED) is 0.655. The fourth-order valence-electron chi connectivity index (χ4n) is 0.833. The van der Waals surface area contributed by atoms with Crippen LogP contribution < -0.4 is 0 Å². The Morgan fingerprint density at radius 2 is 2.00 bits per heavy atom. The smallest absolute Gasteiger partial charge is 0.243 e. The van der Waals surface area contributed by atoms with Crippen LogP contribution in [0.4, 0.5) is 13.2 Å². The summed E-state index contributed by atoms with van der Waals surface area (Å²) in [6.07, 6.45) is -3.66. The second-order valence-electron chi connectivity index (χ2n) is 2.40. The number of aromatic nitrogens is 1. The van der Waals surface area contributed by atoms with Crippen molar-refractivity contribution >= 4 is 27.5 Å². The Hall–Kier alpha value is -0.290. The fourth-order valence-corrected chi connectivity index (χ4v) is 1.34. The molecule has 6 heteroatoms. The topological polar surface area (TPSA) is 12.9 Å². The Labute approximate surface area is 86.0 Å². The third-order valence-corrected chi connectivity index (χ3v) is 3.01. The summed E-state index contributed by atoms with van der Waals surface area (Å²) in [5.74, 6) is 0. The monoisotopic (exact) mass is 273 g/mol. The number of halogens is 5. The van der Waals surface area contributed by atoms with Gasteiger partial charge in [0, 0.05) is 6.20 Å². The molecule has 0 unspecified atom stereocenters. The van der Waals surface area contributed by atoms with Gasteiger partial charge >= 0.3 is 6.18 Å². The Morgan fingerprint density at radius 3 is 2.46 bits per heavy atom. The van der Waals surface area contributed by atoms with Gasteiger partial charge in [0.2, 0.25) is 0 Å². The van der Waals surface area contributed by atoms with Crippen LogP contribution in [0, 0.1) is 6.92 Å². The summed E-state index contributed by atoms with van der Waals surface area (Å²) >= 11 is 8.44. The van der Waals surface area contributed by atoms with Gasteiger partial charge < -0.3 is 0 Å². The maximum Gasteiger partial charge on any atom is 0.418 e. The highest BCUT2D eigenvalue weighted by atomic mass is 79.9. The molecule has 13 heavy (non-hydrogen) atoms. The normalized spacial score (nSPS) is 11.8. The second-order valence-corrected chi connectivity index (χ2v) is 3.55. The molecule has 0 saturated heterocycles. The van der Waals surface area contributed by atoms with Crippen LogP contribution >= 0.6 is 27.5 Å². The molecular weight excluding hydrogens is 270 g/mol. The highest BCUT2D eigenvalue weighted by Crippen LogP contribution is 2.36. The lowest BCUT2D eigenvalue weighted by Crippen LogP contribution is -2.08. The van der Waals surface area contributed by atoms with Gasteiger partial charge in [-0.25, -0.2) is 4.98 Å². The molecule has 0 aromatic carbocycles. The lowest BCUT2D eigenvalue weighted by molar-refractivity contribution is -0.138. The fraction of sp³-hybridized carbons (Fsp3) is 0.286. The van der Waals surface area contributed by atoms with Gasteiger partial charge in [-0.1, -0.05) is 11.6 Å². The van der Waals surface area contributed by atoms with Gasteiger partial charge in [0.05, 0.1) is 10.0 Å². The molecule has 0 N–H and O–H groups in total. The SMILES string of the molecule is Cc1c(C(F)(F)F)cnc(Cl)c1Br. The molecule has 1 heterocycles. The molecule has 0 spiro atoms. The highest BCUT2D eigenvalue weighted by Gasteiger charge is 2.33. The average Bonchev–Trinajstić information content (AvgIpc) is 1.98. The summed E-state index contributed by atoms with van der Waals surface area (Å²) in [5.41, 5.74) is -0.726. The average molecular weight is 274 g/mol. The van der Waals surface area contributed by atoms with Gasteiger partial charge in [0.25, 0.3) is 0 Å². The zero-order chi connectivity index (χ0) is 10.2. The molecule has 0 aliphatic carbocycles. The van der Waals surface area contributed by atoms with Crippen molar-refractivity contribution in [2.24, 2.45) is 0 Å². The van der Waals surface area contributed by atoms with Crippen molar-refractivity contribution in [1.29, 1.82) is 0 Å². The first kappa shape index (κ1) is 10.8. The van der Waals surface area contributed by atoms with Crippen molar-refractivity contribution in [2.45, 2.75) is 13.1 Å². The van der Waals surface area contributed by atoms with Crippen LogP contribution in [0.1, 0.15) is 11.1 Å². The zero-order valence-corrected chi connectivity index (χ0v) is 8.76. The van der Waals surface area contributed by atoms with E-state index in [1.807, 2.05) is 0 Å². The lowest BCUT2D eigenvalue weighted by atomic mass is 10.1. The molecular formula is C7H4BrClF3N. The Kier molecular flexibility index (Phi) is 2.87. The molecule has 1 aromatic rings. The number of nitrogens with zero attached hydrogens (tertiary/aromatic N) is 1. The lowest BCUT2D eigenvalue weighted by Gasteiger charge is -2.10. The summed E-state index contributed by atoms with van der Waals surface area (Å²) in [6.45, 7) is 1.33. The Morgan fingerprint density at radius 1 is 1.46 bits per heavy atom. The van der Waals surface area contributed by atoms with Crippen molar-refractivity contribution in [3.05, 3.63) is 26.9 Å². The van der Waals surface area contributed by atoms with E-state index in [0.717, 1.165) is 6.20 Å². The minimum atomic E-state index is -4.38. The van der Waals surface area contributed by atoms with Crippen LogP contribution in [-0.4, -0.2) is 4.98 Å². The number of hydrogen-bond donors (Lipinski definition) is 0. The van der Waals surface area contributed by atoms with Crippen molar-refractivity contribution in [3.63, 3.8) is 0 Å². The first-order chi connectivity index (χ1) is 5.84. The van der Waals surface area contributed by atoms with Gasteiger partial charge in [0.1, 0.15) is 5.15 Å². The van der Waals surface area contributed by atoms with Crippen LogP contribution in [0.25, 0.3) is 0 Å². The summed E-state index contributed by atoms with van der Waals surface area (Å²) in [6, 6.07) is 0. The van der Waals surface area contributed by atoms with E-state index in [9.17, 15) is 13.2 Å². The van der Waals surface area contributed by atoms with E-state index < -0.39 is 11.7 Å². The molecule has 0 amide bonds. The molecule has 0 radical (unpaired) electrons. The molecule has 0 atom stereocenters. The minimum absolute atomic E-state index is 0.0329. The molecule has 1 aromatic heterocycles. The predicted molar refractivity (Wildman–Crippen MR) is 46.7 cm³/mol. The van der Waals surface area contributed by atoms with E-state index in [2.05, 4.69) is 20.9 Å². The molecule has 0 bridgehead atoms.